The number of aliphatic carboxylic acids is 1. The number of carboxylic acids is 1. The zero-order valence-electron chi connectivity index (χ0n) is 16.1. The zero-order valence-corrected chi connectivity index (χ0v) is 16.1. The number of hydrogen-bond acceptors (Lipinski definition) is 7. The van der Waals surface area contributed by atoms with E-state index < -0.39 is 48.2 Å². The molecule has 9 nitrogen and oxygen atoms in total. The van der Waals surface area contributed by atoms with Gasteiger partial charge in [-0.05, 0) is 24.3 Å². The van der Waals surface area contributed by atoms with Crippen molar-refractivity contribution < 1.29 is 24.3 Å². The molecule has 1 aromatic rings. The molecular formula is C19H28N4O5. The highest BCUT2D eigenvalue weighted by molar-refractivity contribution is 6.13. The molecule has 0 fully saturated rings. The van der Waals surface area contributed by atoms with Gasteiger partial charge in [-0.25, -0.2) is 4.79 Å². The SMILES string of the molecule is CC(C)CC(N)C(=O)N(C(=O)CN)C(C(=O)O)C(=O)C(N)Cc1ccccc1. The number of ketones is 1. The Morgan fingerprint density at radius 2 is 1.61 bits per heavy atom. The summed E-state index contributed by atoms with van der Waals surface area (Å²) >= 11 is 0. The van der Waals surface area contributed by atoms with Gasteiger partial charge in [-0.1, -0.05) is 44.2 Å². The van der Waals surface area contributed by atoms with E-state index in [9.17, 15) is 24.3 Å². The molecule has 3 unspecified atom stereocenters. The molecule has 0 aromatic heterocycles. The van der Waals surface area contributed by atoms with Crippen LogP contribution in [0.5, 0.6) is 0 Å². The highest BCUT2D eigenvalue weighted by Crippen LogP contribution is 2.13. The van der Waals surface area contributed by atoms with Crippen molar-refractivity contribution in [1.82, 2.24) is 4.90 Å². The Hall–Kier alpha value is -2.62. The van der Waals surface area contributed by atoms with Crippen LogP contribution in [0.25, 0.3) is 0 Å². The van der Waals surface area contributed by atoms with Crippen molar-refractivity contribution in [3.8, 4) is 0 Å². The third kappa shape index (κ3) is 6.22. The fourth-order valence-corrected chi connectivity index (χ4v) is 2.81. The van der Waals surface area contributed by atoms with Gasteiger partial charge in [0.05, 0.1) is 18.6 Å². The quantitative estimate of drug-likeness (QED) is 0.377. The van der Waals surface area contributed by atoms with E-state index in [0.717, 1.165) is 0 Å². The summed E-state index contributed by atoms with van der Waals surface area (Å²) in [6.07, 6.45) is 0.268. The van der Waals surface area contributed by atoms with Gasteiger partial charge in [0.15, 0.2) is 11.8 Å². The molecule has 0 heterocycles. The first-order valence-corrected chi connectivity index (χ1v) is 8.97. The number of benzene rings is 1. The van der Waals surface area contributed by atoms with Gasteiger partial charge in [-0.15, -0.1) is 0 Å². The number of amides is 2. The first-order valence-electron chi connectivity index (χ1n) is 8.97. The van der Waals surface area contributed by atoms with Crippen molar-refractivity contribution in [1.29, 1.82) is 0 Å². The highest BCUT2D eigenvalue weighted by atomic mass is 16.4. The van der Waals surface area contributed by atoms with Crippen LogP contribution in [0.15, 0.2) is 30.3 Å². The average Bonchev–Trinajstić information content (AvgIpc) is 2.64. The third-order valence-corrected chi connectivity index (χ3v) is 4.15. The van der Waals surface area contributed by atoms with Crippen molar-refractivity contribution in [2.24, 2.45) is 23.1 Å². The van der Waals surface area contributed by atoms with Crippen LogP contribution >= 0.6 is 0 Å². The van der Waals surface area contributed by atoms with Gasteiger partial charge in [-0.2, -0.15) is 0 Å². The van der Waals surface area contributed by atoms with Crippen LogP contribution in [0.2, 0.25) is 0 Å². The van der Waals surface area contributed by atoms with E-state index in [1.165, 1.54) is 0 Å². The van der Waals surface area contributed by atoms with Crippen LogP contribution in [0.3, 0.4) is 0 Å². The van der Waals surface area contributed by atoms with Crippen LogP contribution in [-0.4, -0.2) is 58.2 Å². The summed E-state index contributed by atoms with van der Waals surface area (Å²) in [7, 11) is 0. The lowest BCUT2D eigenvalue weighted by Gasteiger charge is -2.30. The standard InChI is InChI=1S/C19H28N4O5/c1-11(2)8-14(22)18(26)23(15(24)10-20)16(19(27)28)17(25)13(21)9-12-6-4-3-5-7-12/h3-7,11,13-14,16H,8-10,20-22H2,1-2H3,(H,27,28). The predicted molar refractivity (Wildman–Crippen MR) is 103 cm³/mol. The number of carbonyl (C=O) groups excluding carboxylic acids is 3. The maximum Gasteiger partial charge on any atom is 0.334 e. The molecule has 0 bridgehead atoms. The Labute approximate surface area is 163 Å². The number of nitrogens with two attached hydrogens (primary N) is 3. The van der Waals surface area contributed by atoms with Gasteiger partial charge in [0.2, 0.25) is 11.8 Å². The molecule has 0 saturated heterocycles. The largest absolute Gasteiger partial charge is 0.479 e. The minimum atomic E-state index is -2.08. The smallest absolute Gasteiger partial charge is 0.334 e. The summed E-state index contributed by atoms with van der Waals surface area (Å²) in [5, 5.41) is 9.58. The average molecular weight is 392 g/mol. The van der Waals surface area contributed by atoms with Crippen LogP contribution in [-0.2, 0) is 25.6 Å². The van der Waals surface area contributed by atoms with E-state index in [0.29, 0.717) is 10.5 Å². The normalized spacial score (nSPS) is 14.2. The van der Waals surface area contributed by atoms with E-state index in [1.807, 2.05) is 13.8 Å². The molecule has 3 atom stereocenters. The van der Waals surface area contributed by atoms with Crippen molar-refractivity contribution >= 4 is 23.6 Å². The zero-order chi connectivity index (χ0) is 21.4. The second-order valence-electron chi connectivity index (χ2n) is 6.98. The summed E-state index contributed by atoms with van der Waals surface area (Å²) in [5.74, 6) is -4.58. The van der Waals surface area contributed by atoms with Gasteiger partial charge in [0.25, 0.3) is 0 Å². The van der Waals surface area contributed by atoms with Gasteiger partial charge in [0.1, 0.15) is 0 Å². The summed E-state index contributed by atoms with van der Waals surface area (Å²) < 4.78 is 0. The molecule has 0 aliphatic rings. The van der Waals surface area contributed by atoms with Crippen LogP contribution in [0.4, 0.5) is 0 Å². The van der Waals surface area contributed by atoms with Crippen molar-refractivity contribution in [2.75, 3.05) is 6.54 Å². The second kappa shape index (κ2) is 10.6. The summed E-state index contributed by atoms with van der Waals surface area (Å²) in [4.78, 5) is 49.8. The Morgan fingerprint density at radius 1 is 1.04 bits per heavy atom. The molecule has 9 heteroatoms. The third-order valence-electron chi connectivity index (χ3n) is 4.15. The topological polar surface area (TPSA) is 170 Å². The number of imide groups is 1. The van der Waals surface area contributed by atoms with Crippen LogP contribution in [0.1, 0.15) is 25.8 Å². The Bertz CT molecular complexity index is 708. The first-order chi connectivity index (χ1) is 13.1. The molecule has 1 aromatic carbocycles. The van der Waals surface area contributed by atoms with Gasteiger partial charge >= 0.3 is 5.97 Å². The van der Waals surface area contributed by atoms with Crippen molar-refractivity contribution in [2.45, 2.75) is 44.8 Å². The van der Waals surface area contributed by atoms with E-state index in [1.54, 1.807) is 30.3 Å². The monoisotopic (exact) mass is 392 g/mol. The molecule has 0 aliphatic carbocycles. The molecular weight excluding hydrogens is 364 g/mol. The minimum Gasteiger partial charge on any atom is -0.479 e. The van der Waals surface area contributed by atoms with E-state index in [2.05, 4.69) is 0 Å². The van der Waals surface area contributed by atoms with Gasteiger partial charge in [0, 0.05) is 0 Å². The summed E-state index contributed by atoms with van der Waals surface area (Å²) in [5.41, 5.74) is 17.8. The molecule has 154 valence electrons. The molecule has 2 amide bonds. The van der Waals surface area contributed by atoms with E-state index in [-0.39, 0.29) is 18.8 Å². The lowest BCUT2D eigenvalue weighted by atomic mass is 9.96. The maximum atomic E-state index is 12.8. The van der Waals surface area contributed by atoms with E-state index in [4.69, 9.17) is 17.2 Å². The number of carbonyl (C=O) groups is 4. The summed E-state index contributed by atoms with van der Waals surface area (Å²) in [6, 6.07) is 4.29. The lowest BCUT2D eigenvalue weighted by molar-refractivity contribution is -0.162. The van der Waals surface area contributed by atoms with E-state index >= 15 is 0 Å². The maximum absolute atomic E-state index is 12.8. The molecule has 28 heavy (non-hydrogen) atoms. The Kier molecular flexibility index (Phi) is 8.90. The molecule has 0 saturated carbocycles. The molecule has 0 aliphatic heterocycles. The fourth-order valence-electron chi connectivity index (χ4n) is 2.81. The fraction of sp³-hybridized carbons (Fsp3) is 0.474. The van der Waals surface area contributed by atoms with Crippen molar-refractivity contribution in [3.63, 3.8) is 0 Å². The van der Waals surface area contributed by atoms with Crippen LogP contribution in [0, 0.1) is 5.92 Å². The molecule has 0 spiro atoms. The second-order valence-corrected chi connectivity index (χ2v) is 6.98. The molecule has 7 N–H and O–H groups in total. The van der Waals surface area contributed by atoms with Crippen LogP contribution < -0.4 is 17.2 Å². The first kappa shape index (κ1) is 23.4. The highest BCUT2D eigenvalue weighted by Gasteiger charge is 2.42. The van der Waals surface area contributed by atoms with Gasteiger partial charge in [-0.3, -0.25) is 19.3 Å². The van der Waals surface area contributed by atoms with Crippen molar-refractivity contribution in [3.05, 3.63) is 35.9 Å². The molecule has 0 radical (unpaired) electrons. The summed E-state index contributed by atoms with van der Waals surface area (Å²) in [6.45, 7) is 2.99. The molecule has 1 rings (SSSR count). The minimum absolute atomic E-state index is 0.0214. The number of hydrogen-bond donors (Lipinski definition) is 4. The number of rotatable bonds is 10. The lowest BCUT2D eigenvalue weighted by Crippen LogP contribution is -2.61. The number of nitrogens with zero attached hydrogens (tertiary/aromatic N) is 1. The number of carboxylic acid groups (broad SMARTS) is 1. The van der Waals surface area contributed by atoms with Gasteiger partial charge < -0.3 is 22.3 Å². The Balaban J connectivity index is 3.16. The number of Topliss-reactive ketones (excluding diaryl/α,β-unsaturated/α-hetero) is 1. The Morgan fingerprint density at radius 3 is 2.07 bits per heavy atom. The predicted octanol–water partition coefficient (Wildman–Crippen LogP) is -0.734.